The van der Waals surface area contributed by atoms with Crippen molar-refractivity contribution in [2.75, 3.05) is 39.5 Å². The predicted octanol–water partition coefficient (Wildman–Crippen LogP) is 1.10. The van der Waals surface area contributed by atoms with Crippen LogP contribution in [0.1, 0.15) is 10.4 Å². The number of aromatic nitrogens is 7. The Morgan fingerprint density at radius 3 is 2.31 bits per heavy atom. The molecule has 1 fully saturated rings. The summed E-state index contributed by atoms with van der Waals surface area (Å²) in [4.78, 5) is 27.0. The molecule has 1 saturated heterocycles. The van der Waals surface area contributed by atoms with E-state index in [2.05, 4.69) is 48.7 Å². The highest BCUT2D eigenvalue weighted by atomic mass is 16.6. The molecule has 4 rings (SSSR count). The summed E-state index contributed by atoms with van der Waals surface area (Å²) < 4.78 is 22.2. The fraction of sp³-hybridized carbons (Fsp3) is 0.318. The number of hydrogen-bond donors (Lipinski definition) is 1. The second kappa shape index (κ2) is 11.7. The smallest absolute Gasteiger partial charge is 0.326 e. The maximum atomic E-state index is 13.0. The second-order valence-electron chi connectivity index (χ2n) is 7.25. The molecule has 1 unspecified atom stereocenters. The molecule has 1 N–H and O–H groups in total. The fourth-order valence-electron chi connectivity index (χ4n) is 3.18. The molecule has 1 aromatic carbocycles. The summed E-state index contributed by atoms with van der Waals surface area (Å²) in [5.74, 6) is 0.348. The molecule has 1 aliphatic heterocycles. The number of hydrogen-bond acceptors (Lipinski definition) is 11. The van der Waals surface area contributed by atoms with Gasteiger partial charge in [-0.05, 0) is 17.3 Å². The summed E-state index contributed by atoms with van der Waals surface area (Å²) in [7, 11) is 0. The first-order valence-electron chi connectivity index (χ1n) is 10.8. The molecule has 0 radical (unpaired) electrons. The number of aromatic amines is 1. The Morgan fingerprint density at radius 2 is 1.71 bits per heavy atom. The molecule has 1 atom stereocenters. The molecule has 182 valence electrons. The zero-order valence-corrected chi connectivity index (χ0v) is 18.9. The monoisotopic (exact) mass is 480 g/mol. The lowest BCUT2D eigenvalue weighted by molar-refractivity contribution is -0.0415. The van der Waals surface area contributed by atoms with Gasteiger partial charge in [-0.2, -0.15) is 5.21 Å². The van der Waals surface area contributed by atoms with Gasteiger partial charge in [-0.15, -0.1) is 25.1 Å². The van der Waals surface area contributed by atoms with Crippen LogP contribution in [-0.4, -0.2) is 92.0 Å². The molecule has 0 aliphatic carbocycles. The van der Waals surface area contributed by atoms with Gasteiger partial charge in [-0.25, -0.2) is 0 Å². The lowest BCUT2D eigenvalue weighted by Gasteiger charge is -2.32. The first kappa shape index (κ1) is 23.8. The molecule has 2 aromatic heterocycles. The molecule has 3 heterocycles. The molecule has 35 heavy (non-hydrogen) atoms. The van der Waals surface area contributed by atoms with Gasteiger partial charge < -0.3 is 23.8 Å². The summed E-state index contributed by atoms with van der Waals surface area (Å²) in [6, 6.07) is 7.11. The van der Waals surface area contributed by atoms with E-state index in [1.807, 2.05) is 0 Å². The molecular weight excluding hydrogens is 456 g/mol. The number of carbonyl (C=O) groups is 1. The van der Waals surface area contributed by atoms with Crippen molar-refractivity contribution >= 4 is 5.91 Å². The molecule has 1 amide bonds. The van der Waals surface area contributed by atoms with E-state index in [9.17, 15) is 4.79 Å². The number of amides is 1. The number of morpholine rings is 1. The average molecular weight is 480 g/mol. The Labute approximate surface area is 200 Å². The number of rotatable bonds is 11. The predicted molar refractivity (Wildman–Crippen MR) is 122 cm³/mol. The lowest BCUT2D eigenvalue weighted by atomic mass is 10.1. The van der Waals surface area contributed by atoms with Crippen LogP contribution in [0.5, 0.6) is 18.0 Å². The normalized spacial score (nSPS) is 15.3. The zero-order valence-electron chi connectivity index (χ0n) is 18.9. The van der Waals surface area contributed by atoms with Crippen molar-refractivity contribution in [1.82, 2.24) is 40.5 Å². The minimum absolute atomic E-state index is 0.0160. The number of ether oxygens (including phenoxy) is 4. The van der Waals surface area contributed by atoms with Gasteiger partial charge in [0.2, 0.25) is 5.82 Å². The Hall–Kier alpha value is -4.39. The van der Waals surface area contributed by atoms with Crippen molar-refractivity contribution in [3.05, 3.63) is 55.1 Å². The highest BCUT2D eigenvalue weighted by Gasteiger charge is 2.26. The third-order valence-electron chi connectivity index (χ3n) is 4.79. The van der Waals surface area contributed by atoms with E-state index in [4.69, 9.17) is 18.9 Å². The number of H-pyrrole nitrogens is 1. The van der Waals surface area contributed by atoms with Crippen LogP contribution in [0, 0.1) is 0 Å². The molecule has 0 spiro atoms. The number of tetrazole rings is 1. The van der Waals surface area contributed by atoms with Crippen LogP contribution in [0.4, 0.5) is 0 Å². The lowest BCUT2D eigenvalue weighted by Crippen LogP contribution is -2.47. The summed E-state index contributed by atoms with van der Waals surface area (Å²) in [5.41, 5.74) is 1.30. The Balaban J connectivity index is 1.36. The first-order chi connectivity index (χ1) is 17.2. The fourth-order valence-corrected chi connectivity index (χ4v) is 3.18. The van der Waals surface area contributed by atoms with Gasteiger partial charge in [0.05, 0.1) is 13.2 Å². The maximum Gasteiger partial charge on any atom is 0.326 e. The highest BCUT2D eigenvalue weighted by Crippen LogP contribution is 2.18. The largest absolute Gasteiger partial charge is 0.460 e. The van der Waals surface area contributed by atoms with Crippen molar-refractivity contribution in [3.8, 4) is 29.4 Å². The van der Waals surface area contributed by atoms with Crippen LogP contribution < -0.4 is 14.2 Å². The van der Waals surface area contributed by atoms with E-state index >= 15 is 0 Å². The number of nitrogens with zero attached hydrogens (tertiary/aromatic N) is 7. The molecular formula is C22H24N8O5. The average Bonchev–Trinajstić information content (AvgIpc) is 3.44. The van der Waals surface area contributed by atoms with Crippen molar-refractivity contribution in [2.45, 2.75) is 6.10 Å². The van der Waals surface area contributed by atoms with Crippen LogP contribution in [-0.2, 0) is 4.74 Å². The van der Waals surface area contributed by atoms with Gasteiger partial charge in [-0.1, -0.05) is 37.4 Å². The van der Waals surface area contributed by atoms with Gasteiger partial charge in [0.15, 0.2) is 0 Å². The van der Waals surface area contributed by atoms with Gasteiger partial charge in [0, 0.05) is 17.7 Å². The molecule has 13 nitrogen and oxygen atoms in total. The number of benzene rings is 1. The zero-order chi connectivity index (χ0) is 24.5. The molecule has 1 aliphatic rings. The van der Waals surface area contributed by atoms with E-state index in [0.29, 0.717) is 31.1 Å². The second-order valence-corrected chi connectivity index (χ2v) is 7.25. The SMILES string of the molecule is C=CCOc1nc(OCC=C)nc(OCC2CN(C(=O)c3ccc(-c4nn[nH]n4)cc3)CCO2)n1. The van der Waals surface area contributed by atoms with Gasteiger partial charge in [0.25, 0.3) is 5.91 Å². The number of carbonyl (C=O) groups excluding carboxylic acids is 1. The van der Waals surface area contributed by atoms with E-state index in [0.717, 1.165) is 5.56 Å². The summed E-state index contributed by atoms with van der Waals surface area (Å²) in [6.07, 6.45) is 2.75. The van der Waals surface area contributed by atoms with Gasteiger partial charge in [0.1, 0.15) is 25.9 Å². The Morgan fingerprint density at radius 1 is 1.06 bits per heavy atom. The van der Waals surface area contributed by atoms with Crippen LogP contribution in [0.15, 0.2) is 49.6 Å². The third kappa shape index (κ3) is 6.35. The molecule has 0 bridgehead atoms. The standard InChI is InChI=1S/C22H24N8O5/c1-3-10-33-20-23-21(34-11-4-2)25-22(24-20)35-14-17-13-30(9-12-32-17)19(31)16-7-5-15(6-8-16)18-26-28-29-27-18/h3-8,17H,1-2,9-14H2,(H,26,27,28,29). The molecule has 0 saturated carbocycles. The van der Waals surface area contributed by atoms with Crippen molar-refractivity contribution in [3.63, 3.8) is 0 Å². The van der Waals surface area contributed by atoms with Crippen LogP contribution in [0.2, 0.25) is 0 Å². The first-order valence-corrected chi connectivity index (χ1v) is 10.8. The molecule has 3 aromatic rings. The minimum atomic E-state index is -0.377. The van der Waals surface area contributed by atoms with Crippen molar-refractivity contribution < 1.29 is 23.7 Å². The Bertz CT molecular complexity index is 1110. The Kier molecular flexibility index (Phi) is 7.91. The van der Waals surface area contributed by atoms with E-state index in [1.165, 1.54) is 0 Å². The van der Waals surface area contributed by atoms with E-state index < -0.39 is 0 Å². The third-order valence-corrected chi connectivity index (χ3v) is 4.79. The summed E-state index contributed by atoms with van der Waals surface area (Å²) in [5, 5.41) is 13.8. The topological polar surface area (TPSA) is 150 Å². The van der Waals surface area contributed by atoms with Crippen LogP contribution in [0.25, 0.3) is 11.4 Å². The maximum absolute atomic E-state index is 13.0. The summed E-state index contributed by atoms with van der Waals surface area (Å²) in [6.45, 7) is 8.92. The highest BCUT2D eigenvalue weighted by molar-refractivity contribution is 5.94. The van der Waals surface area contributed by atoms with Crippen LogP contribution >= 0.6 is 0 Å². The van der Waals surface area contributed by atoms with Gasteiger partial charge in [-0.3, -0.25) is 4.79 Å². The number of nitrogens with one attached hydrogen (secondary N) is 1. The van der Waals surface area contributed by atoms with Crippen molar-refractivity contribution in [1.29, 1.82) is 0 Å². The van der Waals surface area contributed by atoms with E-state index in [1.54, 1.807) is 41.3 Å². The van der Waals surface area contributed by atoms with Crippen molar-refractivity contribution in [2.24, 2.45) is 0 Å². The van der Waals surface area contributed by atoms with E-state index in [-0.39, 0.29) is 49.9 Å². The van der Waals surface area contributed by atoms with Crippen LogP contribution in [0.3, 0.4) is 0 Å². The quantitative estimate of drug-likeness (QED) is 0.393. The minimum Gasteiger partial charge on any atom is -0.460 e. The van der Waals surface area contributed by atoms with Gasteiger partial charge >= 0.3 is 18.0 Å². The molecule has 13 heteroatoms. The summed E-state index contributed by atoms with van der Waals surface area (Å²) >= 11 is 0.